The van der Waals surface area contributed by atoms with Gasteiger partial charge in [-0.25, -0.2) is 0 Å². The summed E-state index contributed by atoms with van der Waals surface area (Å²) < 4.78 is 4.55. The summed E-state index contributed by atoms with van der Waals surface area (Å²) in [5.74, 6) is 0. The van der Waals surface area contributed by atoms with Gasteiger partial charge in [-0.2, -0.15) is 0 Å². The van der Waals surface area contributed by atoms with Crippen molar-refractivity contribution >= 4 is 12.9 Å². The number of unbranched alkanes of at least 4 members (excludes halogenated alkanes) is 6. The highest BCUT2D eigenvalue weighted by Gasteiger charge is 1.89. The van der Waals surface area contributed by atoms with Crippen LogP contribution in [0.5, 0.6) is 0 Å². The van der Waals surface area contributed by atoms with Gasteiger partial charge in [-0.05, 0) is 6.42 Å². The Morgan fingerprint density at radius 1 is 0.909 bits per heavy atom. The van der Waals surface area contributed by atoms with E-state index >= 15 is 0 Å². The molecule has 0 saturated heterocycles. The quantitative estimate of drug-likeness (QED) is 0.509. The van der Waals surface area contributed by atoms with Crippen molar-refractivity contribution in [1.29, 1.82) is 0 Å². The predicted octanol–water partition coefficient (Wildman–Crippen LogP) is 3.87. The first-order valence-corrected chi connectivity index (χ1v) is 5.00. The molecule has 0 aromatic carbocycles. The SMILES string of the molecule is CCCCCCCCCO[S]. The largest absolute Gasteiger partial charge is 0.303 e. The molecule has 0 aliphatic carbocycles. The Morgan fingerprint density at radius 3 is 2.00 bits per heavy atom. The van der Waals surface area contributed by atoms with E-state index in [-0.39, 0.29) is 0 Å². The molecule has 0 atom stereocenters. The van der Waals surface area contributed by atoms with E-state index in [0.29, 0.717) is 0 Å². The van der Waals surface area contributed by atoms with Crippen molar-refractivity contribution in [2.75, 3.05) is 6.61 Å². The molecule has 0 bridgehead atoms. The average molecular weight is 175 g/mol. The Morgan fingerprint density at radius 2 is 1.45 bits per heavy atom. The molecule has 0 amide bonds. The van der Waals surface area contributed by atoms with Gasteiger partial charge in [-0.15, -0.1) is 0 Å². The lowest BCUT2D eigenvalue weighted by Crippen LogP contribution is -1.84. The summed E-state index contributed by atoms with van der Waals surface area (Å²) in [6.07, 6.45) is 9.25. The smallest absolute Gasteiger partial charge is 0.0925 e. The van der Waals surface area contributed by atoms with Crippen LogP contribution in [0, 0.1) is 0 Å². The van der Waals surface area contributed by atoms with Gasteiger partial charge in [0.1, 0.15) is 0 Å². The Kier molecular flexibility index (Phi) is 10.6. The zero-order valence-electron chi connectivity index (χ0n) is 7.47. The van der Waals surface area contributed by atoms with E-state index in [1.54, 1.807) is 0 Å². The van der Waals surface area contributed by atoms with Gasteiger partial charge in [0.15, 0.2) is 0 Å². The van der Waals surface area contributed by atoms with Crippen LogP contribution >= 0.6 is 12.9 Å². The van der Waals surface area contributed by atoms with Gasteiger partial charge in [-0.3, -0.25) is 0 Å². The molecule has 0 aliphatic heterocycles. The normalized spacial score (nSPS) is 10.4. The van der Waals surface area contributed by atoms with Crippen molar-refractivity contribution in [3.05, 3.63) is 0 Å². The van der Waals surface area contributed by atoms with Gasteiger partial charge in [0.2, 0.25) is 0 Å². The molecule has 11 heavy (non-hydrogen) atoms. The summed E-state index contributed by atoms with van der Waals surface area (Å²) in [5, 5.41) is 0. The van der Waals surface area contributed by atoms with Gasteiger partial charge in [0.25, 0.3) is 0 Å². The van der Waals surface area contributed by atoms with Gasteiger partial charge in [0, 0.05) is 0 Å². The molecule has 0 heterocycles. The number of hydrogen-bond acceptors (Lipinski definition) is 1. The Hall–Kier alpha value is 0.310. The van der Waals surface area contributed by atoms with Gasteiger partial charge in [-0.1, -0.05) is 45.4 Å². The van der Waals surface area contributed by atoms with Crippen LogP contribution < -0.4 is 0 Å². The second kappa shape index (κ2) is 10.3. The lowest BCUT2D eigenvalue weighted by molar-refractivity contribution is 0.361. The fourth-order valence-electron chi connectivity index (χ4n) is 1.12. The molecule has 0 aromatic heterocycles. The molecule has 1 radical (unpaired) electrons. The van der Waals surface area contributed by atoms with Crippen molar-refractivity contribution in [2.24, 2.45) is 0 Å². The van der Waals surface area contributed by atoms with E-state index < -0.39 is 0 Å². The van der Waals surface area contributed by atoms with Crippen molar-refractivity contribution in [3.8, 4) is 0 Å². The molecule has 1 nitrogen and oxygen atoms in total. The third-order valence-corrected chi connectivity index (χ3v) is 2.00. The molecule has 0 saturated carbocycles. The standard InChI is InChI=1S/C9H19OS/c1-2-3-4-5-6-7-8-9-10-11/h2-9H2,1H3. The fraction of sp³-hybridized carbons (Fsp3) is 1.00. The Labute approximate surface area is 76.1 Å². The van der Waals surface area contributed by atoms with Crippen molar-refractivity contribution in [3.63, 3.8) is 0 Å². The van der Waals surface area contributed by atoms with E-state index in [4.69, 9.17) is 0 Å². The van der Waals surface area contributed by atoms with Crippen LogP contribution in [0.4, 0.5) is 0 Å². The van der Waals surface area contributed by atoms with Crippen molar-refractivity contribution in [2.45, 2.75) is 51.9 Å². The second-order valence-electron chi connectivity index (χ2n) is 2.94. The molecular formula is C9H19OS. The first-order chi connectivity index (χ1) is 5.41. The molecular weight excluding hydrogens is 156 g/mol. The summed E-state index contributed by atoms with van der Waals surface area (Å²) in [4.78, 5) is 0. The summed E-state index contributed by atoms with van der Waals surface area (Å²) in [5.41, 5.74) is 0. The summed E-state index contributed by atoms with van der Waals surface area (Å²) >= 11 is 4.37. The molecule has 0 N–H and O–H groups in total. The minimum atomic E-state index is 0.753. The van der Waals surface area contributed by atoms with Gasteiger partial charge >= 0.3 is 0 Å². The highest BCUT2D eigenvalue weighted by molar-refractivity contribution is 7.75. The molecule has 0 fully saturated rings. The lowest BCUT2D eigenvalue weighted by Gasteiger charge is -1.98. The minimum absolute atomic E-state index is 0.753. The van der Waals surface area contributed by atoms with E-state index in [0.717, 1.165) is 13.0 Å². The topological polar surface area (TPSA) is 9.23 Å². The summed E-state index contributed by atoms with van der Waals surface area (Å²) in [7, 11) is 0. The highest BCUT2D eigenvalue weighted by atomic mass is 32.1. The maximum atomic E-state index is 4.55. The third kappa shape index (κ3) is 10.3. The molecule has 0 rings (SSSR count). The van der Waals surface area contributed by atoms with E-state index in [9.17, 15) is 0 Å². The van der Waals surface area contributed by atoms with Crippen LogP contribution in [0.15, 0.2) is 0 Å². The Balaban J connectivity index is 2.69. The molecule has 67 valence electrons. The van der Waals surface area contributed by atoms with E-state index in [2.05, 4.69) is 24.0 Å². The van der Waals surface area contributed by atoms with Crippen LogP contribution in [-0.4, -0.2) is 6.61 Å². The van der Waals surface area contributed by atoms with Gasteiger partial charge in [0.05, 0.1) is 19.5 Å². The zero-order chi connectivity index (χ0) is 8.36. The van der Waals surface area contributed by atoms with E-state index in [1.807, 2.05) is 0 Å². The molecule has 0 unspecified atom stereocenters. The van der Waals surface area contributed by atoms with Crippen LogP contribution in [0.2, 0.25) is 0 Å². The third-order valence-electron chi connectivity index (χ3n) is 1.83. The maximum absolute atomic E-state index is 4.55. The minimum Gasteiger partial charge on any atom is -0.303 e. The monoisotopic (exact) mass is 175 g/mol. The maximum Gasteiger partial charge on any atom is 0.0925 e. The summed E-state index contributed by atoms with van der Waals surface area (Å²) in [6, 6.07) is 0. The number of hydrogen-bond donors (Lipinski definition) is 0. The van der Waals surface area contributed by atoms with Crippen molar-refractivity contribution < 1.29 is 4.18 Å². The van der Waals surface area contributed by atoms with Crippen LogP contribution in [0.3, 0.4) is 0 Å². The first kappa shape index (κ1) is 11.3. The predicted molar refractivity (Wildman–Crippen MR) is 51.5 cm³/mol. The lowest BCUT2D eigenvalue weighted by atomic mass is 10.1. The second-order valence-corrected chi connectivity index (χ2v) is 3.18. The van der Waals surface area contributed by atoms with E-state index in [1.165, 1.54) is 38.5 Å². The molecule has 0 aromatic rings. The Bertz CT molecular complexity index is 58.6. The average Bonchev–Trinajstić information content (AvgIpc) is 2.03. The fourth-order valence-corrected chi connectivity index (χ4v) is 1.24. The van der Waals surface area contributed by atoms with Gasteiger partial charge < -0.3 is 4.18 Å². The zero-order valence-corrected chi connectivity index (χ0v) is 8.29. The number of rotatable bonds is 8. The summed E-state index contributed by atoms with van der Waals surface area (Å²) in [6.45, 7) is 2.99. The first-order valence-electron chi connectivity index (χ1n) is 4.66. The molecule has 0 spiro atoms. The molecule has 2 heteroatoms. The van der Waals surface area contributed by atoms with Crippen LogP contribution in [-0.2, 0) is 4.18 Å². The van der Waals surface area contributed by atoms with Crippen LogP contribution in [0.25, 0.3) is 0 Å². The van der Waals surface area contributed by atoms with Crippen LogP contribution in [0.1, 0.15) is 51.9 Å². The van der Waals surface area contributed by atoms with Crippen molar-refractivity contribution in [1.82, 2.24) is 0 Å². The molecule has 0 aliphatic rings. The highest BCUT2D eigenvalue weighted by Crippen LogP contribution is 2.06.